The average molecular weight is 247 g/mol. The van der Waals surface area contributed by atoms with E-state index in [-0.39, 0.29) is 12.5 Å². The second kappa shape index (κ2) is 5.69. The number of ether oxygens (including phenoxy) is 1. The second-order valence-corrected chi connectivity index (χ2v) is 4.39. The van der Waals surface area contributed by atoms with Gasteiger partial charge in [0, 0.05) is 19.0 Å². The fourth-order valence-electron chi connectivity index (χ4n) is 1.79. The van der Waals surface area contributed by atoms with Gasteiger partial charge in [-0.05, 0) is 36.3 Å². The first-order valence-corrected chi connectivity index (χ1v) is 6.05. The number of hydrogen-bond donors (Lipinski definition) is 2. The summed E-state index contributed by atoms with van der Waals surface area (Å²) in [6.45, 7) is 2.63. The summed E-state index contributed by atoms with van der Waals surface area (Å²) in [5.41, 5.74) is 2.16. The topological polar surface area (TPSA) is 58.6 Å². The van der Waals surface area contributed by atoms with E-state index in [9.17, 15) is 4.79 Å². The molecule has 96 valence electrons. The highest BCUT2D eigenvalue weighted by Crippen LogP contribution is 2.26. The highest BCUT2D eigenvalue weighted by atomic mass is 16.5. The van der Waals surface area contributed by atoms with Crippen LogP contribution in [0.4, 0.5) is 0 Å². The van der Waals surface area contributed by atoms with Crippen LogP contribution in [0.25, 0.3) is 6.08 Å². The number of aliphatic hydroxyl groups is 1. The molecule has 0 saturated heterocycles. The standard InChI is InChI=1S/C14H17NO3/c1-10(16)9-15-14(17)5-3-11-2-4-13-12(8-11)6-7-18-13/h2-5,8,10,16H,6-7,9H2,1H3,(H,15,17)/b5-3+/t10-/m1/s1. The Kier molecular flexibility index (Phi) is 3.99. The third-order valence-electron chi connectivity index (χ3n) is 2.71. The molecule has 1 atom stereocenters. The number of rotatable bonds is 4. The van der Waals surface area contributed by atoms with Crippen LogP contribution in [0.2, 0.25) is 0 Å². The molecule has 0 saturated carbocycles. The molecular weight excluding hydrogens is 230 g/mol. The Morgan fingerprint density at radius 1 is 1.61 bits per heavy atom. The third-order valence-corrected chi connectivity index (χ3v) is 2.71. The van der Waals surface area contributed by atoms with Crippen molar-refractivity contribution in [1.82, 2.24) is 5.32 Å². The first kappa shape index (κ1) is 12.6. The summed E-state index contributed by atoms with van der Waals surface area (Å²) in [7, 11) is 0. The molecule has 4 heteroatoms. The number of fused-ring (bicyclic) bond motifs is 1. The Hall–Kier alpha value is -1.81. The molecule has 1 amide bonds. The normalized spacial score (nSPS) is 15.2. The van der Waals surface area contributed by atoms with Crippen molar-refractivity contribution in [2.24, 2.45) is 0 Å². The number of hydrogen-bond acceptors (Lipinski definition) is 3. The van der Waals surface area contributed by atoms with Gasteiger partial charge in [-0.2, -0.15) is 0 Å². The van der Waals surface area contributed by atoms with Gasteiger partial charge >= 0.3 is 0 Å². The lowest BCUT2D eigenvalue weighted by atomic mass is 10.1. The molecule has 1 aromatic rings. The average Bonchev–Trinajstić information content (AvgIpc) is 2.81. The van der Waals surface area contributed by atoms with Gasteiger partial charge in [0.15, 0.2) is 0 Å². The van der Waals surface area contributed by atoms with Crippen molar-refractivity contribution in [1.29, 1.82) is 0 Å². The minimum Gasteiger partial charge on any atom is -0.493 e. The zero-order valence-corrected chi connectivity index (χ0v) is 10.3. The second-order valence-electron chi connectivity index (χ2n) is 4.39. The molecular formula is C14H17NO3. The van der Waals surface area contributed by atoms with Crippen molar-refractivity contribution in [3.63, 3.8) is 0 Å². The van der Waals surface area contributed by atoms with Gasteiger partial charge in [-0.3, -0.25) is 4.79 Å². The van der Waals surface area contributed by atoms with E-state index in [1.165, 1.54) is 11.6 Å². The summed E-state index contributed by atoms with van der Waals surface area (Å²) < 4.78 is 5.41. The molecule has 2 N–H and O–H groups in total. The Morgan fingerprint density at radius 2 is 2.44 bits per heavy atom. The molecule has 1 heterocycles. The van der Waals surface area contributed by atoms with Crippen LogP contribution in [0, 0.1) is 0 Å². The van der Waals surface area contributed by atoms with Gasteiger partial charge in [0.25, 0.3) is 0 Å². The fraction of sp³-hybridized carbons (Fsp3) is 0.357. The van der Waals surface area contributed by atoms with Crippen molar-refractivity contribution < 1.29 is 14.6 Å². The first-order chi connectivity index (χ1) is 8.65. The minimum absolute atomic E-state index is 0.201. The number of aliphatic hydroxyl groups excluding tert-OH is 1. The van der Waals surface area contributed by atoms with Crippen molar-refractivity contribution in [2.75, 3.05) is 13.2 Å². The molecule has 4 nitrogen and oxygen atoms in total. The van der Waals surface area contributed by atoms with Gasteiger partial charge in [-0.25, -0.2) is 0 Å². The van der Waals surface area contributed by atoms with Gasteiger partial charge < -0.3 is 15.2 Å². The van der Waals surface area contributed by atoms with Crippen molar-refractivity contribution in [3.8, 4) is 5.75 Å². The van der Waals surface area contributed by atoms with Crippen molar-refractivity contribution >= 4 is 12.0 Å². The summed E-state index contributed by atoms with van der Waals surface area (Å²) in [4.78, 5) is 11.4. The van der Waals surface area contributed by atoms with Crippen LogP contribution >= 0.6 is 0 Å². The molecule has 1 aliphatic rings. The smallest absolute Gasteiger partial charge is 0.244 e. The van der Waals surface area contributed by atoms with Crippen LogP contribution < -0.4 is 10.1 Å². The van der Waals surface area contributed by atoms with E-state index in [1.54, 1.807) is 13.0 Å². The Morgan fingerprint density at radius 3 is 3.22 bits per heavy atom. The summed E-state index contributed by atoms with van der Waals surface area (Å²) in [5, 5.41) is 11.6. The summed E-state index contributed by atoms with van der Waals surface area (Å²) in [6.07, 6.45) is 3.63. The monoisotopic (exact) mass is 247 g/mol. The molecule has 0 aliphatic carbocycles. The van der Waals surface area contributed by atoms with Crippen LogP contribution in [-0.2, 0) is 11.2 Å². The molecule has 0 spiro atoms. The van der Waals surface area contributed by atoms with Crippen LogP contribution in [-0.4, -0.2) is 30.3 Å². The molecule has 0 bridgehead atoms. The van der Waals surface area contributed by atoms with Crippen LogP contribution in [0.3, 0.4) is 0 Å². The molecule has 18 heavy (non-hydrogen) atoms. The molecule has 0 radical (unpaired) electrons. The van der Waals surface area contributed by atoms with Crippen LogP contribution in [0.15, 0.2) is 24.3 Å². The highest BCUT2D eigenvalue weighted by Gasteiger charge is 2.11. The van der Waals surface area contributed by atoms with E-state index >= 15 is 0 Å². The van der Waals surface area contributed by atoms with E-state index in [4.69, 9.17) is 9.84 Å². The predicted octanol–water partition coefficient (Wildman–Crippen LogP) is 1.13. The lowest BCUT2D eigenvalue weighted by molar-refractivity contribution is -0.116. The Bertz CT molecular complexity index is 466. The molecule has 1 aromatic carbocycles. The summed E-state index contributed by atoms with van der Waals surface area (Å²) in [6, 6.07) is 5.87. The van der Waals surface area contributed by atoms with E-state index in [1.807, 2.05) is 18.2 Å². The van der Waals surface area contributed by atoms with E-state index in [0.29, 0.717) is 0 Å². The van der Waals surface area contributed by atoms with Crippen molar-refractivity contribution in [2.45, 2.75) is 19.4 Å². The van der Waals surface area contributed by atoms with E-state index in [0.717, 1.165) is 24.3 Å². The summed E-state index contributed by atoms with van der Waals surface area (Å²) in [5.74, 6) is 0.735. The van der Waals surface area contributed by atoms with E-state index in [2.05, 4.69) is 5.32 Å². The predicted molar refractivity (Wildman–Crippen MR) is 69.4 cm³/mol. The lowest BCUT2D eigenvalue weighted by Crippen LogP contribution is -2.28. The van der Waals surface area contributed by atoms with Gasteiger partial charge in [0.1, 0.15) is 5.75 Å². The molecule has 0 unspecified atom stereocenters. The van der Waals surface area contributed by atoms with Gasteiger partial charge in [0.05, 0.1) is 12.7 Å². The number of benzene rings is 1. The Balaban J connectivity index is 1.94. The number of carbonyl (C=O) groups excluding carboxylic acids is 1. The largest absolute Gasteiger partial charge is 0.493 e. The van der Waals surface area contributed by atoms with Gasteiger partial charge in [-0.1, -0.05) is 6.07 Å². The molecule has 1 aliphatic heterocycles. The third kappa shape index (κ3) is 3.34. The first-order valence-electron chi connectivity index (χ1n) is 6.05. The van der Waals surface area contributed by atoms with Gasteiger partial charge in [-0.15, -0.1) is 0 Å². The number of nitrogens with one attached hydrogen (secondary N) is 1. The number of carbonyl (C=O) groups is 1. The van der Waals surface area contributed by atoms with Crippen LogP contribution in [0.5, 0.6) is 5.75 Å². The lowest BCUT2D eigenvalue weighted by Gasteiger charge is -2.04. The Labute approximate surface area is 106 Å². The van der Waals surface area contributed by atoms with Crippen molar-refractivity contribution in [3.05, 3.63) is 35.4 Å². The number of amides is 1. The quantitative estimate of drug-likeness (QED) is 0.784. The molecule has 0 aromatic heterocycles. The SMILES string of the molecule is C[C@@H](O)CNC(=O)/C=C/c1ccc2c(c1)CCO2. The minimum atomic E-state index is -0.528. The maximum Gasteiger partial charge on any atom is 0.244 e. The molecule has 0 fully saturated rings. The zero-order valence-electron chi connectivity index (χ0n) is 10.3. The molecule has 2 rings (SSSR count). The highest BCUT2D eigenvalue weighted by molar-refractivity contribution is 5.91. The fourth-order valence-corrected chi connectivity index (χ4v) is 1.79. The van der Waals surface area contributed by atoms with Crippen LogP contribution in [0.1, 0.15) is 18.1 Å². The maximum absolute atomic E-state index is 11.4. The maximum atomic E-state index is 11.4. The summed E-state index contributed by atoms with van der Waals surface area (Å²) >= 11 is 0. The zero-order chi connectivity index (χ0) is 13.0. The van der Waals surface area contributed by atoms with E-state index < -0.39 is 6.10 Å². The van der Waals surface area contributed by atoms with Gasteiger partial charge in [0.2, 0.25) is 5.91 Å².